The van der Waals surface area contributed by atoms with Gasteiger partial charge in [-0.15, -0.1) is 0 Å². The van der Waals surface area contributed by atoms with Gasteiger partial charge in [-0.05, 0) is 48.7 Å². The molecule has 0 spiro atoms. The van der Waals surface area contributed by atoms with Gasteiger partial charge in [0.1, 0.15) is 0 Å². The summed E-state index contributed by atoms with van der Waals surface area (Å²) < 4.78 is 0. The zero-order chi connectivity index (χ0) is 14.5. The molecule has 1 N–H and O–H groups in total. The van der Waals surface area contributed by atoms with Gasteiger partial charge in [-0.1, -0.05) is 42.3 Å². The lowest BCUT2D eigenvalue weighted by Gasteiger charge is -2.20. The van der Waals surface area contributed by atoms with Crippen LogP contribution in [0.25, 0.3) is 0 Å². The molecular formula is C16H18Cl2N2. The molecule has 0 amide bonds. The lowest BCUT2D eigenvalue weighted by molar-refractivity contribution is 0.586. The van der Waals surface area contributed by atoms with E-state index in [1.54, 1.807) is 0 Å². The van der Waals surface area contributed by atoms with Crippen LogP contribution in [0.4, 0.5) is 0 Å². The molecule has 2 aromatic rings. The maximum absolute atomic E-state index is 6.28. The van der Waals surface area contributed by atoms with Crippen LogP contribution in [0.2, 0.25) is 10.0 Å². The fraction of sp³-hybridized carbons (Fsp3) is 0.312. The van der Waals surface area contributed by atoms with Crippen molar-refractivity contribution in [2.75, 3.05) is 7.05 Å². The van der Waals surface area contributed by atoms with Gasteiger partial charge in [0.15, 0.2) is 0 Å². The van der Waals surface area contributed by atoms with E-state index in [0.29, 0.717) is 10.0 Å². The predicted molar refractivity (Wildman–Crippen MR) is 85.6 cm³/mol. The first-order valence-electron chi connectivity index (χ1n) is 6.70. The van der Waals surface area contributed by atoms with E-state index in [1.807, 2.05) is 37.6 Å². The number of nitrogens with zero attached hydrogens (tertiary/aromatic N) is 1. The van der Waals surface area contributed by atoms with Crippen molar-refractivity contribution in [1.82, 2.24) is 10.3 Å². The largest absolute Gasteiger partial charge is 0.313 e. The van der Waals surface area contributed by atoms with Crippen LogP contribution >= 0.6 is 23.2 Å². The predicted octanol–water partition coefficient (Wildman–Crippen LogP) is 4.45. The molecule has 1 heterocycles. The summed E-state index contributed by atoms with van der Waals surface area (Å²) in [5.41, 5.74) is 3.57. The first-order chi connectivity index (χ1) is 9.67. The van der Waals surface area contributed by atoms with Gasteiger partial charge < -0.3 is 5.32 Å². The molecule has 1 aromatic carbocycles. The number of hydrogen-bond acceptors (Lipinski definition) is 2. The number of hydrogen-bond donors (Lipinski definition) is 1. The molecule has 2 nitrogen and oxygen atoms in total. The second kappa shape index (κ2) is 7.07. The second-order valence-corrected chi connectivity index (χ2v) is 5.47. The molecule has 0 fully saturated rings. The lowest BCUT2D eigenvalue weighted by atomic mass is 9.95. The zero-order valence-electron chi connectivity index (χ0n) is 11.7. The van der Waals surface area contributed by atoms with Crippen LogP contribution in [0.3, 0.4) is 0 Å². The third-order valence-electron chi connectivity index (χ3n) is 3.50. The molecule has 0 aliphatic heterocycles. The average molecular weight is 309 g/mol. The fourth-order valence-electron chi connectivity index (χ4n) is 2.37. The van der Waals surface area contributed by atoms with Crippen molar-refractivity contribution in [3.05, 3.63) is 63.4 Å². The summed E-state index contributed by atoms with van der Waals surface area (Å²) in [5, 5.41) is 4.60. The molecule has 106 valence electrons. The van der Waals surface area contributed by atoms with Gasteiger partial charge in [0.2, 0.25) is 0 Å². The lowest BCUT2D eigenvalue weighted by Crippen LogP contribution is -2.20. The summed E-state index contributed by atoms with van der Waals surface area (Å²) in [7, 11) is 1.96. The van der Waals surface area contributed by atoms with Gasteiger partial charge in [0.25, 0.3) is 0 Å². The summed E-state index contributed by atoms with van der Waals surface area (Å²) >= 11 is 12.4. The fourth-order valence-corrected chi connectivity index (χ4v) is 2.76. The van der Waals surface area contributed by atoms with E-state index in [-0.39, 0.29) is 6.04 Å². The van der Waals surface area contributed by atoms with Crippen LogP contribution in [0.1, 0.15) is 29.7 Å². The first-order valence-corrected chi connectivity index (χ1v) is 7.45. The van der Waals surface area contributed by atoms with Crippen molar-refractivity contribution >= 4 is 23.2 Å². The van der Waals surface area contributed by atoms with Crippen LogP contribution in [0.5, 0.6) is 0 Å². The van der Waals surface area contributed by atoms with Crippen LogP contribution in [-0.2, 0) is 12.8 Å². The van der Waals surface area contributed by atoms with Crippen molar-refractivity contribution in [1.29, 1.82) is 0 Å². The summed E-state index contributed by atoms with van der Waals surface area (Å²) in [6, 6.07) is 8.03. The number of halogens is 2. The first kappa shape index (κ1) is 15.3. The van der Waals surface area contributed by atoms with E-state index in [9.17, 15) is 0 Å². The number of rotatable bonds is 5. The maximum Gasteiger partial charge on any atom is 0.0624 e. The van der Waals surface area contributed by atoms with Crippen LogP contribution in [-0.4, -0.2) is 12.0 Å². The van der Waals surface area contributed by atoms with Gasteiger partial charge in [-0.2, -0.15) is 0 Å². The summed E-state index contributed by atoms with van der Waals surface area (Å²) in [6.07, 6.45) is 5.52. The quantitative estimate of drug-likeness (QED) is 0.882. The topological polar surface area (TPSA) is 24.9 Å². The Hall–Kier alpha value is -1.09. The van der Waals surface area contributed by atoms with E-state index < -0.39 is 0 Å². The van der Waals surface area contributed by atoms with Crippen molar-refractivity contribution in [2.45, 2.75) is 25.8 Å². The molecule has 4 heteroatoms. The minimum absolute atomic E-state index is 0.198. The number of aryl methyl sites for hydroxylation is 1. The molecule has 1 atom stereocenters. The van der Waals surface area contributed by atoms with Crippen molar-refractivity contribution < 1.29 is 0 Å². The normalized spacial score (nSPS) is 12.4. The molecular weight excluding hydrogens is 291 g/mol. The van der Waals surface area contributed by atoms with Gasteiger partial charge in [-0.3, -0.25) is 4.98 Å². The van der Waals surface area contributed by atoms with E-state index >= 15 is 0 Å². The van der Waals surface area contributed by atoms with Crippen molar-refractivity contribution in [3.8, 4) is 0 Å². The molecule has 20 heavy (non-hydrogen) atoms. The highest BCUT2D eigenvalue weighted by Crippen LogP contribution is 2.30. The van der Waals surface area contributed by atoms with Gasteiger partial charge in [0.05, 0.1) is 10.0 Å². The van der Waals surface area contributed by atoms with Gasteiger partial charge >= 0.3 is 0 Å². The molecule has 0 radical (unpaired) electrons. The smallest absolute Gasteiger partial charge is 0.0624 e. The number of benzene rings is 1. The minimum Gasteiger partial charge on any atom is -0.313 e. The zero-order valence-corrected chi connectivity index (χ0v) is 13.2. The Morgan fingerprint density at radius 2 is 2.00 bits per heavy atom. The summed E-state index contributed by atoms with van der Waals surface area (Å²) in [4.78, 5) is 4.20. The van der Waals surface area contributed by atoms with Crippen LogP contribution in [0.15, 0.2) is 36.7 Å². The molecule has 0 aliphatic carbocycles. The Labute approximate surface area is 130 Å². The second-order valence-electron chi connectivity index (χ2n) is 4.69. The van der Waals surface area contributed by atoms with E-state index in [0.717, 1.165) is 18.4 Å². The van der Waals surface area contributed by atoms with Crippen LogP contribution < -0.4 is 5.32 Å². The molecule has 1 aromatic heterocycles. The van der Waals surface area contributed by atoms with E-state index in [2.05, 4.69) is 23.3 Å². The summed E-state index contributed by atoms with van der Waals surface area (Å²) in [5.74, 6) is 0. The molecule has 1 unspecified atom stereocenters. The molecule has 0 saturated heterocycles. The number of pyridine rings is 1. The van der Waals surface area contributed by atoms with Crippen LogP contribution in [0, 0.1) is 0 Å². The van der Waals surface area contributed by atoms with Gasteiger partial charge in [-0.25, -0.2) is 0 Å². The monoisotopic (exact) mass is 308 g/mol. The average Bonchev–Trinajstić information content (AvgIpc) is 2.49. The number of nitrogens with one attached hydrogen (secondary N) is 1. The molecule has 0 aliphatic rings. The Morgan fingerprint density at radius 1 is 1.20 bits per heavy atom. The highest BCUT2D eigenvalue weighted by Gasteiger charge is 2.15. The minimum atomic E-state index is 0.198. The Bertz CT molecular complexity index is 584. The third kappa shape index (κ3) is 3.32. The van der Waals surface area contributed by atoms with Gasteiger partial charge in [0, 0.05) is 18.4 Å². The number of aromatic nitrogens is 1. The summed E-state index contributed by atoms with van der Waals surface area (Å²) in [6.45, 7) is 2.14. The standard InChI is InChI=1S/C16H18Cl2N2/c1-3-11-10-20-8-7-13(11)15(19-2)9-12-5-4-6-14(17)16(12)18/h4-8,10,15,19H,3,9H2,1-2H3. The maximum atomic E-state index is 6.28. The molecule has 0 saturated carbocycles. The SMILES string of the molecule is CCc1cnccc1C(Cc1cccc(Cl)c1Cl)NC. The van der Waals surface area contributed by atoms with Crippen molar-refractivity contribution in [2.24, 2.45) is 0 Å². The highest BCUT2D eigenvalue weighted by atomic mass is 35.5. The van der Waals surface area contributed by atoms with E-state index in [1.165, 1.54) is 11.1 Å². The Balaban J connectivity index is 2.31. The Morgan fingerprint density at radius 3 is 2.70 bits per heavy atom. The molecule has 0 bridgehead atoms. The number of likely N-dealkylation sites (N-methyl/N-ethyl adjacent to an activating group) is 1. The van der Waals surface area contributed by atoms with Crippen molar-refractivity contribution in [3.63, 3.8) is 0 Å². The highest BCUT2D eigenvalue weighted by molar-refractivity contribution is 6.42. The third-order valence-corrected chi connectivity index (χ3v) is 4.36. The Kier molecular flexibility index (Phi) is 5.41. The molecule has 2 rings (SSSR count). The van der Waals surface area contributed by atoms with E-state index in [4.69, 9.17) is 23.2 Å².